The molecular formula is C29H44N6O2. The third-order valence-electron chi connectivity index (χ3n) is 7.12. The maximum Gasteiger partial charge on any atom is 0.244 e. The van der Waals surface area contributed by atoms with Gasteiger partial charge in [-0.2, -0.15) is 0 Å². The molecule has 1 atom stereocenters. The minimum atomic E-state index is -0.596. The van der Waals surface area contributed by atoms with Crippen molar-refractivity contribution < 1.29 is 9.59 Å². The number of carbonyl (C=O) groups is 2. The van der Waals surface area contributed by atoms with Crippen LogP contribution in [-0.4, -0.2) is 53.4 Å². The molecule has 4 N–H and O–H groups in total. The number of aromatic nitrogens is 1. The fourth-order valence-corrected chi connectivity index (χ4v) is 5.38. The van der Waals surface area contributed by atoms with Gasteiger partial charge in [0.05, 0.1) is 0 Å². The first-order valence-electron chi connectivity index (χ1n) is 13.7. The molecule has 0 saturated heterocycles. The van der Waals surface area contributed by atoms with Crippen molar-refractivity contribution in [3.63, 3.8) is 0 Å². The Balaban J connectivity index is 1.60. The molecule has 1 aliphatic carbocycles. The predicted octanol–water partition coefficient (Wildman–Crippen LogP) is 4.15. The van der Waals surface area contributed by atoms with Gasteiger partial charge in [-0.05, 0) is 82.0 Å². The molecule has 3 rings (SSSR count). The molecular weight excluding hydrogens is 464 g/mol. The molecule has 0 saturated carbocycles. The summed E-state index contributed by atoms with van der Waals surface area (Å²) in [5.74, 6) is 0.652. The van der Waals surface area contributed by atoms with Gasteiger partial charge in [-0.15, -0.1) is 0 Å². The molecule has 0 unspecified atom stereocenters. The summed E-state index contributed by atoms with van der Waals surface area (Å²) >= 11 is 0. The highest BCUT2D eigenvalue weighted by atomic mass is 16.2. The molecule has 8 nitrogen and oxygen atoms in total. The van der Waals surface area contributed by atoms with E-state index in [-0.39, 0.29) is 23.8 Å². The first-order valence-corrected chi connectivity index (χ1v) is 13.7. The molecule has 8 heteroatoms. The van der Waals surface area contributed by atoms with Crippen molar-refractivity contribution in [2.24, 2.45) is 5.92 Å². The van der Waals surface area contributed by atoms with Crippen molar-refractivity contribution in [2.75, 3.05) is 30.8 Å². The average Bonchev–Trinajstić information content (AvgIpc) is 3.31. The Morgan fingerprint density at radius 1 is 1.08 bits per heavy atom. The van der Waals surface area contributed by atoms with Gasteiger partial charge in [0, 0.05) is 36.9 Å². The normalized spacial score (nSPS) is 14.9. The fourth-order valence-electron chi connectivity index (χ4n) is 5.38. The lowest BCUT2D eigenvalue weighted by Crippen LogP contribution is -2.62. The van der Waals surface area contributed by atoms with Crippen LogP contribution in [0.2, 0.25) is 0 Å². The number of hydrazine groups is 1. The van der Waals surface area contributed by atoms with Crippen LogP contribution >= 0.6 is 0 Å². The molecule has 1 aliphatic rings. The Morgan fingerprint density at radius 2 is 1.81 bits per heavy atom. The van der Waals surface area contributed by atoms with E-state index in [9.17, 15) is 9.59 Å². The van der Waals surface area contributed by atoms with Crippen LogP contribution in [0.4, 0.5) is 11.5 Å². The van der Waals surface area contributed by atoms with E-state index in [0.717, 1.165) is 37.8 Å². The molecule has 2 aromatic rings. The number of amides is 2. The minimum absolute atomic E-state index is 0.00770. The van der Waals surface area contributed by atoms with E-state index in [0.29, 0.717) is 25.3 Å². The van der Waals surface area contributed by atoms with E-state index in [1.165, 1.54) is 11.1 Å². The molecule has 0 aliphatic heterocycles. The van der Waals surface area contributed by atoms with Crippen molar-refractivity contribution in [1.29, 1.82) is 0 Å². The summed E-state index contributed by atoms with van der Waals surface area (Å²) in [7, 11) is 1.83. The van der Waals surface area contributed by atoms with Crippen molar-refractivity contribution in [1.82, 2.24) is 20.7 Å². The van der Waals surface area contributed by atoms with Crippen LogP contribution in [0.5, 0.6) is 0 Å². The van der Waals surface area contributed by atoms with Crippen LogP contribution in [0.1, 0.15) is 64.5 Å². The highest BCUT2D eigenvalue weighted by Crippen LogP contribution is 2.30. The summed E-state index contributed by atoms with van der Waals surface area (Å²) in [6, 6.07) is 11.9. The van der Waals surface area contributed by atoms with Gasteiger partial charge in [-0.25, -0.2) is 10.4 Å². The second-order valence-electron chi connectivity index (χ2n) is 10.3. The highest BCUT2D eigenvalue weighted by Gasteiger charge is 2.40. The lowest BCUT2D eigenvalue weighted by molar-refractivity contribution is -0.141. The maximum atomic E-state index is 13.8. The minimum Gasteiger partial charge on any atom is -0.383 e. The first-order chi connectivity index (χ1) is 17.8. The molecule has 2 amide bonds. The van der Waals surface area contributed by atoms with Gasteiger partial charge < -0.3 is 15.5 Å². The molecule has 202 valence electrons. The number of nitrogens with one attached hydrogen (secondary N) is 4. The van der Waals surface area contributed by atoms with E-state index < -0.39 is 5.54 Å². The number of carbonyl (C=O) groups excluding carboxylic acids is 2. The van der Waals surface area contributed by atoms with E-state index >= 15 is 0 Å². The quantitative estimate of drug-likeness (QED) is 0.286. The van der Waals surface area contributed by atoms with Gasteiger partial charge in [0.1, 0.15) is 11.4 Å². The Hall–Kier alpha value is -2.97. The number of rotatable bonds is 14. The van der Waals surface area contributed by atoms with Crippen molar-refractivity contribution in [2.45, 2.75) is 77.8 Å². The number of anilines is 2. The summed E-state index contributed by atoms with van der Waals surface area (Å²) < 4.78 is 0. The maximum absolute atomic E-state index is 13.8. The second-order valence-corrected chi connectivity index (χ2v) is 10.3. The number of hydrogen-bond donors (Lipinski definition) is 4. The van der Waals surface area contributed by atoms with Gasteiger partial charge in [-0.3, -0.25) is 15.0 Å². The molecule has 0 bridgehead atoms. The molecule has 0 spiro atoms. The van der Waals surface area contributed by atoms with Gasteiger partial charge in [0.25, 0.3) is 0 Å². The second kappa shape index (κ2) is 13.5. The summed E-state index contributed by atoms with van der Waals surface area (Å²) in [6.07, 6.45) is 6.57. The van der Waals surface area contributed by atoms with Gasteiger partial charge in [0.2, 0.25) is 11.8 Å². The Labute approximate surface area is 222 Å². The van der Waals surface area contributed by atoms with Crippen LogP contribution in [0, 0.1) is 5.92 Å². The summed E-state index contributed by atoms with van der Waals surface area (Å²) in [6.45, 7) is 9.66. The molecule has 1 aromatic carbocycles. The summed E-state index contributed by atoms with van der Waals surface area (Å²) in [5.41, 5.74) is 9.17. The third kappa shape index (κ3) is 7.29. The van der Waals surface area contributed by atoms with E-state index in [4.69, 9.17) is 0 Å². The smallest absolute Gasteiger partial charge is 0.244 e. The third-order valence-corrected chi connectivity index (χ3v) is 7.12. The SMILES string of the molecule is CCCC(CCC)(NNC)C(=O)N(CCNc1ccc2c(c1)C[C@H](C(=O)Nc1ccccn1)C2)C(C)C. The standard InChI is InChI=1S/C29H44N6O2/c1-6-13-29(14-7-2,34-30-5)28(37)35(21(3)4)17-16-31-25-12-11-22-18-24(19-23(22)20-25)27(36)33-26-10-8-9-15-32-26/h8-12,15,20-21,24,30-31,34H,6-7,13-14,16-19H2,1-5H3,(H,32,33,36)/t24-/m1/s1. The van der Waals surface area contributed by atoms with E-state index in [1.54, 1.807) is 12.3 Å². The zero-order valence-electron chi connectivity index (χ0n) is 23.1. The summed E-state index contributed by atoms with van der Waals surface area (Å²) in [5, 5.41) is 6.43. The number of hydrogen-bond acceptors (Lipinski definition) is 6. The average molecular weight is 509 g/mol. The monoisotopic (exact) mass is 508 g/mol. The van der Waals surface area contributed by atoms with Crippen LogP contribution in [-0.2, 0) is 22.4 Å². The topological polar surface area (TPSA) is 98.4 Å². The number of nitrogens with zero attached hydrogens (tertiary/aromatic N) is 2. The molecule has 0 fully saturated rings. The van der Waals surface area contributed by atoms with Crippen LogP contribution < -0.4 is 21.5 Å². The summed E-state index contributed by atoms with van der Waals surface area (Å²) in [4.78, 5) is 32.7. The lowest BCUT2D eigenvalue weighted by Gasteiger charge is -2.39. The number of benzene rings is 1. The number of fused-ring (bicyclic) bond motifs is 1. The molecule has 1 heterocycles. The highest BCUT2D eigenvalue weighted by molar-refractivity contribution is 5.92. The van der Waals surface area contributed by atoms with Crippen molar-refractivity contribution >= 4 is 23.3 Å². The van der Waals surface area contributed by atoms with Crippen molar-refractivity contribution in [3.05, 3.63) is 53.7 Å². The molecule has 1 aromatic heterocycles. The fraction of sp³-hybridized carbons (Fsp3) is 0.552. The van der Waals surface area contributed by atoms with Gasteiger partial charge in [0.15, 0.2) is 0 Å². The van der Waals surface area contributed by atoms with E-state index in [2.05, 4.69) is 72.4 Å². The van der Waals surface area contributed by atoms with Gasteiger partial charge >= 0.3 is 0 Å². The van der Waals surface area contributed by atoms with Crippen molar-refractivity contribution in [3.8, 4) is 0 Å². The zero-order valence-corrected chi connectivity index (χ0v) is 23.1. The Kier molecular flexibility index (Phi) is 10.5. The first kappa shape index (κ1) is 28.6. The largest absolute Gasteiger partial charge is 0.383 e. The zero-order chi connectivity index (χ0) is 26.8. The predicted molar refractivity (Wildman–Crippen MR) is 150 cm³/mol. The molecule has 0 radical (unpaired) electrons. The van der Waals surface area contributed by atoms with Crippen LogP contribution in [0.25, 0.3) is 0 Å². The van der Waals surface area contributed by atoms with Gasteiger partial charge in [-0.1, -0.05) is 38.8 Å². The van der Waals surface area contributed by atoms with Crippen LogP contribution in [0.15, 0.2) is 42.6 Å². The number of pyridine rings is 1. The lowest BCUT2D eigenvalue weighted by atomic mass is 9.87. The molecule has 37 heavy (non-hydrogen) atoms. The Morgan fingerprint density at radius 3 is 2.43 bits per heavy atom. The van der Waals surface area contributed by atoms with E-state index in [1.807, 2.05) is 24.1 Å². The van der Waals surface area contributed by atoms with Crippen LogP contribution in [0.3, 0.4) is 0 Å². The Bertz CT molecular complexity index is 1010.